The number of amides is 1. The number of carbonyl (C=O) groups excluding carboxylic acids is 1. The molecule has 0 aromatic carbocycles. The van der Waals surface area contributed by atoms with E-state index in [2.05, 4.69) is 10.0 Å². The van der Waals surface area contributed by atoms with Crippen LogP contribution in [-0.4, -0.2) is 38.0 Å². The number of hydrogen-bond acceptors (Lipinski definition) is 3. The summed E-state index contributed by atoms with van der Waals surface area (Å²) >= 11 is 0. The average Bonchev–Trinajstić information content (AvgIpc) is 2.02. The van der Waals surface area contributed by atoms with Crippen molar-refractivity contribution < 1.29 is 4.79 Å². The van der Waals surface area contributed by atoms with Gasteiger partial charge >= 0.3 is 0 Å². The van der Waals surface area contributed by atoms with Crippen LogP contribution in [0.15, 0.2) is 5.11 Å². The van der Waals surface area contributed by atoms with Crippen LogP contribution in [0.2, 0.25) is 0 Å². The zero-order valence-electron chi connectivity index (χ0n) is 7.97. The van der Waals surface area contributed by atoms with Crippen LogP contribution < -0.4 is 5.73 Å². The summed E-state index contributed by atoms with van der Waals surface area (Å²) in [5.41, 5.74) is 13.2. The number of primary amides is 1. The zero-order valence-corrected chi connectivity index (χ0v) is 7.97. The minimum atomic E-state index is -0.346. The molecule has 6 nitrogen and oxygen atoms in total. The van der Waals surface area contributed by atoms with Crippen molar-refractivity contribution in [2.24, 2.45) is 16.8 Å². The molecule has 1 amide bonds. The van der Waals surface area contributed by atoms with Crippen molar-refractivity contribution in [2.75, 3.05) is 27.2 Å². The Labute approximate surface area is 77.3 Å². The van der Waals surface area contributed by atoms with Crippen LogP contribution in [0.5, 0.6) is 0 Å². The molecule has 0 rings (SSSR count). The third-order valence-electron chi connectivity index (χ3n) is 1.63. The van der Waals surface area contributed by atoms with Crippen LogP contribution in [0.3, 0.4) is 0 Å². The fourth-order valence-corrected chi connectivity index (χ4v) is 1.02. The molecule has 1 unspecified atom stereocenters. The largest absolute Gasteiger partial charge is 0.369 e. The van der Waals surface area contributed by atoms with E-state index in [1.54, 1.807) is 0 Å². The number of carbonyl (C=O) groups is 1. The molecule has 0 bridgehead atoms. The second-order valence-corrected chi connectivity index (χ2v) is 3.10. The Morgan fingerprint density at radius 2 is 2.31 bits per heavy atom. The standard InChI is InChI=1S/C7H15N5O/c1-12(2)5-6(7(8)13)3-4-10-11-9/h6H,3-5H2,1-2H3,(H2,8,13). The van der Waals surface area contributed by atoms with Gasteiger partial charge in [0.1, 0.15) is 0 Å². The van der Waals surface area contributed by atoms with E-state index in [1.165, 1.54) is 0 Å². The second kappa shape index (κ2) is 6.28. The molecule has 2 N–H and O–H groups in total. The lowest BCUT2D eigenvalue weighted by Crippen LogP contribution is -2.33. The average molecular weight is 185 g/mol. The SMILES string of the molecule is CN(C)CC(CCN=[N+]=[N-])C(N)=O. The molecule has 0 fully saturated rings. The molecule has 74 valence electrons. The first-order chi connectivity index (χ1) is 6.07. The van der Waals surface area contributed by atoms with Gasteiger partial charge in [-0.25, -0.2) is 0 Å². The van der Waals surface area contributed by atoms with Crippen LogP contribution >= 0.6 is 0 Å². The first-order valence-electron chi connectivity index (χ1n) is 4.02. The predicted molar refractivity (Wildman–Crippen MR) is 49.9 cm³/mol. The third kappa shape index (κ3) is 5.95. The molecule has 0 heterocycles. The summed E-state index contributed by atoms with van der Waals surface area (Å²) in [5, 5.41) is 3.36. The van der Waals surface area contributed by atoms with E-state index in [9.17, 15) is 4.79 Å². The van der Waals surface area contributed by atoms with E-state index < -0.39 is 0 Å². The van der Waals surface area contributed by atoms with Gasteiger partial charge in [-0.2, -0.15) is 0 Å². The minimum Gasteiger partial charge on any atom is -0.369 e. The molecule has 6 heteroatoms. The Morgan fingerprint density at radius 1 is 1.69 bits per heavy atom. The molecule has 0 aliphatic carbocycles. The van der Waals surface area contributed by atoms with Crippen LogP contribution in [0, 0.1) is 5.92 Å². The van der Waals surface area contributed by atoms with Gasteiger partial charge in [-0.1, -0.05) is 5.11 Å². The normalized spacial score (nSPS) is 12.2. The van der Waals surface area contributed by atoms with Crippen LogP contribution in [0.25, 0.3) is 10.4 Å². The second-order valence-electron chi connectivity index (χ2n) is 3.10. The van der Waals surface area contributed by atoms with E-state index in [1.807, 2.05) is 19.0 Å². The molecule has 0 radical (unpaired) electrons. The summed E-state index contributed by atoms with van der Waals surface area (Å²) < 4.78 is 0. The monoisotopic (exact) mass is 185 g/mol. The Balaban J connectivity index is 3.94. The zero-order chi connectivity index (χ0) is 10.3. The summed E-state index contributed by atoms with van der Waals surface area (Å²) in [6.45, 7) is 0.911. The highest BCUT2D eigenvalue weighted by Crippen LogP contribution is 2.03. The molecule has 0 spiro atoms. The summed E-state index contributed by atoms with van der Waals surface area (Å²) in [6, 6.07) is 0. The maximum Gasteiger partial charge on any atom is 0.221 e. The highest BCUT2D eigenvalue weighted by Gasteiger charge is 2.14. The maximum atomic E-state index is 10.9. The summed E-state index contributed by atoms with van der Waals surface area (Å²) in [4.78, 5) is 15.4. The molecule has 0 aromatic heterocycles. The Morgan fingerprint density at radius 3 is 2.69 bits per heavy atom. The molecule has 0 saturated carbocycles. The number of hydrogen-bond donors (Lipinski definition) is 1. The van der Waals surface area contributed by atoms with Crippen LogP contribution in [0.4, 0.5) is 0 Å². The molecule has 0 aliphatic heterocycles. The van der Waals surface area contributed by atoms with Crippen molar-refractivity contribution in [1.82, 2.24) is 4.90 Å². The molecule has 0 saturated heterocycles. The summed E-state index contributed by atoms with van der Waals surface area (Å²) in [7, 11) is 3.73. The smallest absolute Gasteiger partial charge is 0.221 e. The fraction of sp³-hybridized carbons (Fsp3) is 0.857. The highest BCUT2D eigenvalue weighted by molar-refractivity contribution is 5.76. The van der Waals surface area contributed by atoms with E-state index in [-0.39, 0.29) is 11.8 Å². The number of nitrogens with zero attached hydrogens (tertiary/aromatic N) is 4. The number of azide groups is 1. The van der Waals surface area contributed by atoms with Crippen LogP contribution in [0.1, 0.15) is 6.42 Å². The van der Waals surface area contributed by atoms with Gasteiger partial charge in [-0.3, -0.25) is 4.79 Å². The van der Waals surface area contributed by atoms with Crippen molar-refractivity contribution in [3.8, 4) is 0 Å². The number of rotatable bonds is 6. The molecule has 1 atom stereocenters. The lowest BCUT2D eigenvalue weighted by molar-refractivity contribution is -0.122. The Kier molecular flexibility index (Phi) is 5.67. The highest BCUT2D eigenvalue weighted by atomic mass is 16.1. The van der Waals surface area contributed by atoms with Gasteiger partial charge in [0.15, 0.2) is 0 Å². The summed E-state index contributed by atoms with van der Waals surface area (Å²) in [5.74, 6) is -0.581. The van der Waals surface area contributed by atoms with Gasteiger partial charge < -0.3 is 10.6 Å². The first kappa shape index (κ1) is 11.7. The maximum absolute atomic E-state index is 10.9. The molecular formula is C7H15N5O. The predicted octanol–water partition coefficient (Wildman–Crippen LogP) is 0.350. The topological polar surface area (TPSA) is 95.1 Å². The Bertz CT molecular complexity index is 209. The van der Waals surface area contributed by atoms with E-state index in [0.29, 0.717) is 19.5 Å². The van der Waals surface area contributed by atoms with E-state index in [0.717, 1.165) is 0 Å². The molecule has 0 aromatic rings. The lowest BCUT2D eigenvalue weighted by Gasteiger charge is -2.16. The summed E-state index contributed by atoms with van der Waals surface area (Å²) in [6.07, 6.45) is 0.511. The quantitative estimate of drug-likeness (QED) is 0.367. The Hall–Kier alpha value is -1.26. The third-order valence-corrected chi connectivity index (χ3v) is 1.63. The van der Waals surface area contributed by atoms with Crippen molar-refractivity contribution >= 4 is 5.91 Å². The van der Waals surface area contributed by atoms with Crippen molar-refractivity contribution in [1.29, 1.82) is 0 Å². The van der Waals surface area contributed by atoms with Gasteiger partial charge in [0.2, 0.25) is 5.91 Å². The van der Waals surface area contributed by atoms with Gasteiger partial charge in [0, 0.05) is 18.0 Å². The molecule has 0 aliphatic rings. The van der Waals surface area contributed by atoms with E-state index in [4.69, 9.17) is 11.3 Å². The van der Waals surface area contributed by atoms with Gasteiger partial charge in [-0.15, -0.1) is 0 Å². The van der Waals surface area contributed by atoms with Crippen molar-refractivity contribution in [2.45, 2.75) is 6.42 Å². The lowest BCUT2D eigenvalue weighted by atomic mass is 10.1. The van der Waals surface area contributed by atoms with Gasteiger partial charge in [0.25, 0.3) is 0 Å². The number of nitrogens with two attached hydrogens (primary N) is 1. The first-order valence-corrected chi connectivity index (χ1v) is 4.02. The van der Waals surface area contributed by atoms with Crippen molar-refractivity contribution in [3.63, 3.8) is 0 Å². The molecular weight excluding hydrogens is 170 g/mol. The van der Waals surface area contributed by atoms with Gasteiger partial charge in [-0.05, 0) is 26.0 Å². The van der Waals surface area contributed by atoms with Gasteiger partial charge in [0.05, 0.1) is 5.92 Å². The molecule has 13 heavy (non-hydrogen) atoms. The van der Waals surface area contributed by atoms with Crippen molar-refractivity contribution in [3.05, 3.63) is 10.4 Å². The van der Waals surface area contributed by atoms with Crippen LogP contribution in [-0.2, 0) is 4.79 Å². The fourth-order valence-electron chi connectivity index (χ4n) is 1.02. The van der Waals surface area contributed by atoms with E-state index >= 15 is 0 Å². The minimum absolute atomic E-state index is 0.236.